The lowest BCUT2D eigenvalue weighted by Crippen LogP contribution is -2.70. The lowest BCUT2D eigenvalue weighted by molar-refractivity contribution is -0.151. The SMILES string of the molecule is COC(=O)C1=C(/C=C\c2scnc2C)CSC2C(NC(=O)Cc3ccccc3)C(=O)N12. The number of amides is 2. The maximum atomic E-state index is 12.9. The van der Waals surface area contributed by atoms with Gasteiger partial charge in [0.05, 0.1) is 24.7 Å². The lowest BCUT2D eigenvalue weighted by Gasteiger charge is -2.49. The van der Waals surface area contributed by atoms with Crippen molar-refractivity contribution in [2.45, 2.75) is 24.8 Å². The summed E-state index contributed by atoms with van der Waals surface area (Å²) in [6.07, 6.45) is 3.93. The van der Waals surface area contributed by atoms with Crippen LogP contribution in [0.2, 0.25) is 0 Å². The Morgan fingerprint density at radius 3 is 2.74 bits per heavy atom. The number of hydrogen-bond donors (Lipinski definition) is 1. The van der Waals surface area contributed by atoms with Crippen molar-refractivity contribution in [2.75, 3.05) is 12.9 Å². The van der Waals surface area contributed by atoms with Gasteiger partial charge < -0.3 is 10.1 Å². The number of carbonyl (C=O) groups is 3. The van der Waals surface area contributed by atoms with Crippen LogP contribution < -0.4 is 5.32 Å². The highest BCUT2D eigenvalue weighted by atomic mass is 32.2. The number of thiazole rings is 1. The topological polar surface area (TPSA) is 88.6 Å². The molecule has 1 aromatic carbocycles. The quantitative estimate of drug-likeness (QED) is 0.532. The highest BCUT2D eigenvalue weighted by Crippen LogP contribution is 2.41. The summed E-state index contributed by atoms with van der Waals surface area (Å²) in [7, 11) is 1.30. The number of benzene rings is 1. The number of rotatable bonds is 6. The number of methoxy groups -OCH3 is 1. The molecule has 0 bridgehead atoms. The predicted molar refractivity (Wildman–Crippen MR) is 120 cm³/mol. The molecule has 2 amide bonds. The number of β-lactam (4-membered cyclic amide) rings is 1. The van der Waals surface area contributed by atoms with Gasteiger partial charge in [-0.05, 0) is 24.1 Å². The second kappa shape index (κ2) is 9.07. The molecule has 4 rings (SSSR count). The van der Waals surface area contributed by atoms with E-state index in [9.17, 15) is 14.4 Å². The molecule has 31 heavy (non-hydrogen) atoms. The molecule has 1 aromatic heterocycles. The molecule has 1 fully saturated rings. The maximum Gasteiger partial charge on any atom is 0.355 e. The molecule has 0 radical (unpaired) electrons. The summed E-state index contributed by atoms with van der Waals surface area (Å²) in [5.41, 5.74) is 4.49. The summed E-state index contributed by atoms with van der Waals surface area (Å²) in [6, 6.07) is 8.70. The molecule has 2 aromatic rings. The van der Waals surface area contributed by atoms with Gasteiger partial charge in [-0.2, -0.15) is 0 Å². The number of allylic oxidation sites excluding steroid dienone is 1. The minimum absolute atomic E-state index is 0.198. The summed E-state index contributed by atoms with van der Waals surface area (Å²) in [5.74, 6) is -0.565. The van der Waals surface area contributed by atoms with Crippen molar-refractivity contribution < 1.29 is 19.1 Å². The molecule has 0 aliphatic carbocycles. The second-order valence-corrected chi connectivity index (χ2v) is 9.11. The van der Waals surface area contributed by atoms with Gasteiger partial charge in [0.25, 0.3) is 5.91 Å². The molecular weight excluding hydrogens is 434 g/mol. The van der Waals surface area contributed by atoms with Crippen molar-refractivity contribution in [3.05, 3.63) is 69.3 Å². The second-order valence-electron chi connectivity index (χ2n) is 7.12. The van der Waals surface area contributed by atoms with Crippen molar-refractivity contribution in [3.63, 3.8) is 0 Å². The molecule has 3 heterocycles. The first-order valence-electron chi connectivity index (χ1n) is 9.67. The van der Waals surface area contributed by atoms with E-state index in [1.807, 2.05) is 49.4 Å². The highest BCUT2D eigenvalue weighted by Gasteiger charge is 2.54. The fraction of sp³-hybridized carbons (Fsp3) is 0.273. The number of ether oxygens (including phenoxy) is 1. The van der Waals surface area contributed by atoms with Crippen LogP contribution in [-0.4, -0.2) is 51.9 Å². The van der Waals surface area contributed by atoms with Crippen LogP contribution in [0.5, 0.6) is 0 Å². The number of thioether (sulfide) groups is 1. The van der Waals surface area contributed by atoms with E-state index in [1.54, 1.807) is 5.51 Å². The van der Waals surface area contributed by atoms with Gasteiger partial charge in [-0.3, -0.25) is 14.5 Å². The fourth-order valence-electron chi connectivity index (χ4n) is 3.51. The van der Waals surface area contributed by atoms with Crippen LogP contribution in [0.15, 0.2) is 53.2 Å². The Balaban J connectivity index is 1.51. The Morgan fingerprint density at radius 1 is 1.29 bits per heavy atom. The summed E-state index contributed by atoms with van der Waals surface area (Å²) in [6.45, 7) is 1.92. The Hall–Kier alpha value is -2.91. The molecule has 160 valence electrons. The molecule has 0 spiro atoms. The van der Waals surface area contributed by atoms with Crippen LogP contribution >= 0.6 is 23.1 Å². The van der Waals surface area contributed by atoms with E-state index in [2.05, 4.69) is 10.3 Å². The Kier molecular flexibility index (Phi) is 6.24. The fourth-order valence-corrected chi connectivity index (χ4v) is 5.52. The zero-order valence-corrected chi connectivity index (χ0v) is 18.7. The smallest absolute Gasteiger partial charge is 0.355 e. The van der Waals surface area contributed by atoms with Crippen molar-refractivity contribution in [2.24, 2.45) is 0 Å². The Morgan fingerprint density at radius 2 is 2.06 bits per heavy atom. The van der Waals surface area contributed by atoms with Gasteiger partial charge >= 0.3 is 5.97 Å². The van der Waals surface area contributed by atoms with Gasteiger partial charge in [0.2, 0.25) is 5.91 Å². The summed E-state index contributed by atoms with van der Waals surface area (Å²) in [4.78, 5) is 44.4. The third kappa shape index (κ3) is 4.28. The minimum Gasteiger partial charge on any atom is -0.464 e. The Labute approximate surface area is 188 Å². The van der Waals surface area contributed by atoms with Crippen LogP contribution in [0.3, 0.4) is 0 Å². The number of esters is 1. The van der Waals surface area contributed by atoms with Crippen molar-refractivity contribution in [1.82, 2.24) is 15.2 Å². The van der Waals surface area contributed by atoms with Crippen LogP contribution in [0.1, 0.15) is 16.1 Å². The number of aromatic nitrogens is 1. The average molecular weight is 456 g/mol. The molecule has 7 nitrogen and oxygen atoms in total. The van der Waals surface area contributed by atoms with Crippen LogP contribution in [0.25, 0.3) is 6.08 Å². The molecule has 0 saturated carbocycles. The summed E-state index contributed by atoms with van der Waals surface area (Å²) in [5, 5.41) is 2.49. The third-order valence-electron chi connectivity index (χ3n) is 5.12. The predicted octanol–water partition coefficient (Wildman–Crippen LogP) is 2.53. The number of carbonyl (C=O) groups excluding carboxylic acids is 3. The highest BCUT2D eigenvalue weighted by molar-refractivity contribution is 8.00. The van der Waals surface area contributed by atoms with Gasteiger partial charge in [0.15, 0.2) is 0 Å². The first kappa shape index (κ1) is 21.3. The van der Waals surface area contributed by atoms with E-state index in [4.69, 9.17) is 4.74 Å². The largest absolute Gasteiger partial charge is 0.464 e. The van der Waals surface area contributed by atoms with Gasteiger partial charge in [-0.25, -0.2) is 9.78 Å². The average Bonchev–Trinajstić information content (AvgIpc) is 3.20. The zero-order valence-electron chi connectivity index (χ0n) is 17.0. The van der Waals surface area contributed by atoms with E-state index in [0.29, 0.717) is 11.3 Å². The van der Waals surface area contributed by atoms with Gasteiger partial charge in [0, 0.05) is 10.6 Å². The molecule has 2 aliphatic rings. The maximum absolute atomic E-state index is 12.9. The summed E-state index contributed by atoms with van der Waals surface area (Å²) >= 11 is 3.02. The molecular formula is C22H21N3O4S2. The van der Waals surface area contributed by atoms with Crippen molar-refractivity contribution >= 4 is 47.0 Å². The van der Waals surface area contributed by atoms with E-state index in [1.165, 1.54) is 35.1 Å². The third-order valence-corrected chi connectivity index (χ3v) is 7.32. The molecule has 1 saturated heterocycles. The number of nitrogens with one attached hydrogen (secondary N) is 1. The molecule has 2 unspecified atom stereocenters. The van der Waals surface area contributed by atoms with Crippen LogP contribution in [-0.2, 0) is 25.5 Å². The zero-order chi connectivity index (χ0) is 22.0. The molecule has 2 aliphatic heterocycles. The first-order chi connectivity index (χ1) is 15.0. The number of aryl methyl sites for hydroxylation is 1. The number of fused-ring (bicyclic) bond motifs is 1. The number of hydrogen-bond acceptors (Lipinski definition) is 7. The van der Waals surface area contributed by atoms with Gasteiger partial charge in [-0.15, -0.1) is 23.1 Å². The van der Waals surface area contributed by atoms with E-state index >= 15 is 0 Å². The van der Waals surface area contributed by atoms with Gasteiger partial charge in [-0.1, -0.05) is 36.4 Å². The normalized spacial score (nSPS) is 20.5. The minimum atomic E-state index is -0.657. The monoisotopic (exact) mass is 455 g/mol. The first-order valence-corrected chi connectivity index (χ1v) is 11.6. The lowest BCUT2D eigenvalue weighted by atomic mass is 10.0. The summed E-state index contributed by atoms with van der Waals surface area (Å²) < 4.78 is 4.95. The molecule has 2 atom stereocenters. The van der Waals surface area contributed by atoms with Crippen LogP contribution in [0.4, 0.5) is 0 Å². The standard InChI is InChI=1S/C22H21N3O4S2/c1-13-16(31-12-23-13)9-8-15-11-30-21-18(20(27)25(21)19(15)22(28)29-2)24-17(26)10-14-6-4-3-5-7-14/h3-9,12,18,21H,10-11H2,1-2H3,(H,24,26)/b9-8-. The van der Waals surface area contributed by atoms with Crippen molar-refractivity contribution in [3.8, 4) is 0 Å². The van der Waals surface area contributed by atoms with E-state index in [-0.39, 0.29) is 29.3 Å². The van der Waals surface area contributed by atoms with Crippen molar-refractivity contribution in [1.29, 1.82) is 0 Å². The van der Waals surface area contributed by atoms with Crippen LogP contribution in [0, 0.1) is 6.92 Å². The molecule has 1 N–H and O–H groups in total. The van der Waals surface area contributed by atoms with E-state index < -0.39 is 12.0 Å². The molecule has 9 heteroatoms. The van der Waals surface area contributed by atoms with E-state index in [0.717, 1.165) is 16.1 Å². The van der Waals surface area contributed by atoms with Gasteiger partial charge in [0.1, 0.15) is 17.1 Å². The Bertz CT molecular complexity index is 1080. The number of nitrogens with zero attached hydrogens (tertiary/aromatic N) is 2.